The van der Waals surface area contributed by atoms with Crippen molar-refractivity contribution in [3.63, 3.8) is 0 Å². The van der Waals surface area contributed by atoms with Crippen LogP contribution in [-0.4, -0.2) is 17.4 Å². The summed E-state index contributed by atoms with van der Waals surface area (Å²) < 4.78 is 11.5. The molecule has 0 unspecified atom stereocenters. The second-order valence-corrected chi connectivity index (χ2v) is 6.17. The van der Waals surface area contributed by atoms with Gasteiger partial charge in [0.1, 0.15) is 11.4 Å². The molecule has 1 N–H and O–H groups in total. The van der Waals surface area contributed by atoms with E-state index in [0.717, 1.165) is 15.8 Å². The van der Waals surface area contributed by atoms with Crippen molar-refractivity contribution < 1.29 is 14.4 Å². The topological polar surface area (TPSA) is 55.5 Å². The maximum absolute atomic E-state index is 9.79. The molecule has 1 heterocycles. The van der Waals surface area contributed by atoms with E-state index in [4.69, 9.17) is 20.9 Å². The lowest BCUT2D eigenvalue weighted by molar-refractivity contribution is 0.281. The highest BCUT2D eigenvalue weighted by Gasteiger charge is 2.20. The maximum Gasteiger partial charge on any atom is 0.174 e. The second kappa shape index (κ2) is 6.74. The van der Waals surface area contributed by atoms with E-state index in [1.165, 1.54) is 0 Å². The van der Waals surface area contributed by atoms with Gasteiger partial charge in [-0.3, -0.25) is 0 Å². The van der Waals surface area contributed by atoms with Crippen LogP contribution in [0.2, 0.25) is 5.02 Å². The molecule has 6 heteroatoms. The summed E-state index contributed by atoms with van der Waals surface area (Å²) in [6.07, 6.45) is 0. The van der Waals surface area contributed by atoms with Crippen LogP contribution in [0.5, 0.6) is 5.75 Å². The number of benzene rings is 2. The molecule has 3 aromatic rings. The Morgan fingerprint density at radius 2 is 1.96 bits per heavy atom. The Balaban J connectivity index is 2.11. The third kappa shape index (κ3) is 3.13. The van der Waals surface area contributed by atoms with Gasteiger partial charge in [-0.2, -0.15) is 0 Å². The predicted molar refractivity (Wildman–Crippen MR) is 92.6 cm³/mol. The molecule has 0 radical (unpaired) electrons. The second-order valence-electron chi connectivity index (χ2n) is 4.85. The molecule has 0 aliphatic heterocycles. The van der Waals surface area contributed by atoms with Gasteiger partial charge in [0.15, 0.2) is 5.76 Å². The molecule has 0 fully saturated rings. The third-order valence-electron chi connectivity index (χ3n) is 3.48. The third-order valence-corrected chi connectivity index (χ3v) is 4.31. The molecule has 1 aromatic heterocycles. The van der Waals surface area contributed by atoms with Gasteiger partial charge in [-0.25, -0.2) is 0 Å². The van der Waals surface area contributed by atoms with Gasteiger partial charge < -0.3 is 14.4 Å². The SMILES string of the molecule is COc1ccc(-c2noc(-c3cc(Br)ccc3Cl)c2CO)cc1. The number of aliphatic hydroxyl groups is 1. The van der Waals surface area contributed by atoms with E-state index in [9.17, 15) is 5.11 Å². The Kier molecular flexibility index (Phi) is 4.71. The Labute approximate surface area is 146 Å². The van der Waals surface area contributed by atoms with Crippen LogP contribution in [0.25, 0.3) is 22.6 Å². The fourth-order valence-electron chi connectivity index (χ4n) is 2.31. The highest BCUT2D eigenvalue weighted by atomic mass is 79.9. The molecule has 4 nitrogen and oxygen atoms in total. The molecule has 0 amide bonds. The van der Waals surface area contributed by atoms with Gasteiger partial charge in [-0.1, -0.05) is 32.7 Å². The van der Waals surface area contributed by atoms with Gasteiger partial charge >= 0.3 is 0 Å². The normalized spacial score (nSPS) is 10.8. The van der Waals surface area contributed by atoms with E-state index >= 15 is 0 Å². The zero-order chi connectivity index (χ0) is 16.4. The van der Waals surface area contributed by atoms with Gasteiger partial charge in [0.2, 0.25) is 0 Å². The summed E-state index contributed by atoms with van der Waals surface area (Å²) in [4.78, 5) is 0. The van der Waals surface area contributed by atoms with Crippen molar-refractivity contribution >= 4 is 27.5 Å². The van der Waals surface area contributed by atoms with Crippen LogP contribution in [0.15, 0.2) is 51.5 Å². The standard InChI is InChI=1S/C17H13BrClNO3/c1-22-12-5-2-10(3-6-12)16-14(9-21)17(23-20-16)13-8-11(18)4-7-15(13)19/h2-8,21H,9H2,1H3. The Morgan fingerprint density at radius 3 is 2.61 bits per heavy atom. The zero-order valence-corrected chi connectivity index (χ0v) is 14.6. The van der Waals surface area contributed by atoms with Crippen LogP contribution in [0.3, 0.4) is 0 Å². The Hall–Kier alpha value is -1.82. The number of rotatable bonds is 4. The van der Waals surface area contributed by atoms with Crippen LogP contribution in [0.4, 0.5) is 0 Å². The fraction of sp³-hybridized carbons (Fsp3) is 0.118. The van der Waals surface area contributed by atoms with Crippen LogP contribution in [0.1, 0.15) is 5.56 Å². The van der Waals surface area contributed by atoms with E-state index in [2.05, 4.69) is 21.1 Å². The number of ether oxygens (including phenoxy) is 1. The molecule has 2 aromatic carbocycles. The summed E-state index contributed by atoms with van der Waals surface area (Å²) in [7, 11) is 1.61. The molecular formula is C17H13BrClNO3. The maximum atomic E-state index is 9.79. The van der Waals surface area contributed by atoms with Crippen molar-refractivity contribution in [2.24, 2.45) is 0 Å². The lowest BCUT2D eigenvalue weighted by Gasteiger charge is -2.05. The predicted octanol–water partition coefficient (Wildman–Crippen LogP) is 4.93. The molecule has 3 rings (SSSR count). The number of hydrogen-bond donors (Lipinski definition) is 1. The number of halogens is 2. The molecule has 0 spiro atoms. The van der Waals surface area contributed by atoms with Gasteiger partial charge in [0.05, 0.1) is 24.3 Å². The van der Waals surface area contributed by atoms with Crippen LogP contribution in [-0.2, 0) is 6.61 Å². The molecule has 0 aliphatic rings. The van der Waals surface area contributed by atoms with E-state index in [0.29, 0.717) is 27.6 Å². The summed E-state index contributed by atoms with van der Waals surface area (Å²) in [6, 6.07) is 12.8. The summed E-state index contributed by atoms with van der Waals surface area (Å²) in [6.45, 7) is -0.205. The minimum atomic E-state index is -0.205. The van der Waals surface area contributed by atoms with Gasteiger partial charge in [0.25, 0.3) is 0 Å². The highest BCUT2D eigenvalue weighted by Crippen LogP contribution is 2.37. The number of hydrogen-bond acceptors (Lipinski definition) is 4. The Bertz CT molecular complexity index is 830. The molecule has 0 aliphatic carbocycles. The quantitative estimate of drug-likeness (QED) is 0.682. The molecule has 0 bridgehead atoms. The number of nitrogens with zero attached hydrogens (tertiary/aromatic N) is 1. The average molecular weight is 395 g/mol. The smallest absolute Gasteiger partial charge is 0.174 e. The number of methoxy groups -OCH3 is 1. The van der Waals surface area contributed by atoms with E-state index < -0.39 is 0 Å². The average Bonchev–Trinajstić information content (AvgIpc) is 3.00. The van der Waals surface area contributed by atoms with Crippen molar-refractivity contribution in [2.75, 3.05) is 7.11 Å². The zero-order valence-electron chi connectivity index (χ0n) is 12.2. The molecule has 23 heavy (non-hydrogen) atoms. The van der Waals surface area contributed by atoms with Crippen molar-refractivity contribution in [2.45, 2.75) is 6.61 Å². The fourth-order valence-corrected chi connectivity index (χ4v) is 2.88. The number of aliphatic hydroxyl groups excluding tert-OH is 1. The molecule has 0 saturated carbocycles. The van der Waals surface area contributed by atoms with Crippen molar-refractivity contribution in [3.05, 3.63) is 57.5 Å². The first-order chi connectivity index (χ1) is 11.1. The number of aromatic nitrogens is 1. The van der Waals surface area contributed by atoms with Crippen LogP contribution < -0.4 is 4.74 Å². The van der Waals surface area contributed by atoms with E-state index in [-0.39, 0.29) is 6.61 Å². The first kappa shape index (κ1) is 16.1. The minimum Gasteiger partial charge on any atom is -0.497 e. The lowest BCUT2D eigenvalue weighted by Crippen LogP contribution is -1.90. The summed E-state index contributed by atoms with van der Waals surface area (Å²) in [5.41, 5.74) is 2.68. The molecule has 118 valence electrons. The van der Waals surface area contributed by atoms with Crippen molar-refractivity contribution in [3.8, 4) is 28.3 Å². The summed E-state index contributed by atoms with van der Waals surface area (Å²) in [5, 5.41) is 14.4. The van der Waals surface area contributed by atoms with Crippen LogP contribution >= 0.6 is 27.5 Å². The van der Waals surface area contributed by atoms with Gasteiger partial charge in [0, 0.05) is 15.6 Å². The Morgan fingerprint density at radius 1 is 1.22 bits per heavy atom. The lowest BCUT2D eigenvalue weighted by atomic mass is 10.0. The first-order valence-electron chi connectivity index (χ1n) is 6.83. The van der Waals surface area contributed by atoms with Crippen molar-refractivity contribution in [1.29, 1.82) is 0 Å². The monoisotopic (exact) mass is 393 g/mol. The first-order valence-corrected chi connectivity index (χ1v) is 8.00. The largest absolute Gasteiger partial charge is 0.497 e. The molecule has 0 saturated heterocycles. The van der Waals surface area contributed by atoms with E-state index in [1.54, 1.807) is 13.2 Å². The van der Waals surface area contributed by atoms with Crippen molar-refractivity contribution in [1.82, 2.24) is 5.16 Å². The minimum absolute atomic E-state index is 0.205. The van der Waals surface area contributed by atoms with Crippen LogP contribution in [0, 0.1) is 0 Å². The van der Waals surface area contributed by atoms with Gasteiger partial charge in [-0.05, 0) is 42.5 Å². The summed E-state index contributed by atoms with van der Waals surface area (Å²) >= 11 is 9.66. The highest BCUT2D eigenvalue weighted by molar-refractivity contribution is 9.10. The molecular weight excluding hydrogens is 382 g/mol. The van der Waals surface area contributed by atoms with Gasteiger partial charge in [-0.15, -0.1) is 0 Å². The summed E-state index contributed by atoms with van der Waals surface area (Å²) in [5.74, 6) is 1.21. The van der Waals surface area contributed by atoms with E-state index in [1.807, 2.05) is 36.4 Å². The molecule has 0 atom stereocenters.